The first-order chi connectivity index (χ1) is 10.5. The lowest BCUT2D eigenvalue weighted by Crippen LogP contribution is -2.51. The van der Waals surface area contributed by atoms with Crippen LogP contribution in [-0.2, 0) is 14.3 Å². The number of hydrogen-bond acceptors (Lipinski definition) is 4. The molecule has 1 aliphatic rings. The van der Waals surface area contributed by atoms with E-state index in [0.29, 0.717) is 13.0 Å². The van der Waals surface area contributed by atoms with Gasteiger partial charge in [0.15, 0.2) is 0 Å². The van der Waals surface area contributed by atoms with Gasteiger partial charge >= 0.3 is 5.97 Å². The van der Waals surface area contributed by atoms with Crippen LogP contribution >= 0.6 is 0 Å². The van der Waals surface area contributed by atoms with E-state index in [9.17, 15) is 9.59 Å². The van der Waals surface area contributed by atoms with Gasteiger partial charge in [0, 0.05) is 6.61 Å². The summed E-state index contributed by atoms with van der Waals surface area (Å²) < 4.78 is 10.4. The molecular weight excluding hydrogens is 286 g/mol. The Bertz CT molecular complexity index is 534. The third-order valence-corrected chi connectivity index (χ3v) is 3.99. The van der Waals surface area contributed by atoms with E-state index in [4.69, 9.17) is 14.6 Å². The third-order valence-electron chi connectivity index (χ3n) is 3.99. The lowest BCUT2D eigenvalue weighted by atomic mass is 9.92. The number of carboxylic acids is 1. The molecule has 0 spiro atoms. The summed E-state index contributed by atoms with van der Waals surface area (Å²) in [7, 11) is 1.58. The molecule has 2 N–H and O–H groups in total. The number of carboxylic acid groups (broad SMARTS) is 1. The molecule has 1 saturated heterocycles. The summed E-state index contributed by atoms with van der Waals surface area (Å²) in [5, 5.41) is 11.9. The molecule has 22 heavy (non-hydrogen) atoms. The summed E-state index contributed by atoms with van der Waals surface area (Å²) in [6.07, 6.45) is 0.383. The molecule has 1 aliphatic heterocycles. The maximum Gasteiger partial charge on any atom is 0.305 e. The Morgan fingerprint density at radius 3 is 2.59 bits per heavy atom. The first-order valence-corrected chi connectivity index (χ1v) is 7.21. The van der Waals surface area contributed by atoms with E-state index in [1.165, 1.54) is 0 Å². The van der Waals surface area contributed by atoms with Gasteiger partial charge in [-0.25, -0.2) is 0 Å². The Labute approximate surface area is 129 Å². The smallest absolute Gasteiger partial charge is 0.305 e. The van der Waals surface area contributed by atoms with Crippen molar-refractivity contribution in [2.75, 3.05) is 20.3 Å². The van der Waals surface area contributed by atoms with Gasteiger partial charge in [-0.3, -0.25) is 9.59 Å². The minimum absolute atomic E-state index is 0.131. The highest BCUT2D eigenvalue weighted by molar-refractivity contribution is 5.84. The van der Waals surface area contributed by atoms with Crippen molar-refractivity contribution in [2.45, 2.75) is 31.2 Å². The van der Waals surface area contributed by atoms with Gasteiger partial charge in [0.25, 0.3) is 0 Å². The van der Waals surface area contributed by atoms with E-state index >= 15 is 0 Å². The molecule has 1 amide bonds. The summed E-state index contributed by atoms with van der Waals surface area (Å²) >= 11 is 0. The third kappa shape index (κ3) is 3.76. The molecule has 6 heteroatoms. The number of hydrogen-bond donors (Lipinski definition) is 2. The highest BCUT2D eigenvalue weighted by Gasteiger charge is 2.39. The van der Waals surface area contributed by atoms with E-state index < -0.39 is 11.5 Å². The molecule has 1 aromatic carbocycles. The number of ether oxygens (including phenoxy) is 2. The fourth-order valence-corrected chi connectivity index (χ4v) is 2.59. The summed E-state index contributed by atoms with van der Waals surface area (Å²) in [4.78, 5) is 23.5. The lowest BCUT2D eigenvalue weighted by molar-refractivity contribution is -0.139. The van der Waals surface area contributed by atoms with Crippen molar-refractivity contribution in [1.29, 1.82) is 0 Å². The summed E-state index contributed by atoms with van der Waals surface area (Å²) in [6, 6.07) is 7.26. The van der Waals surface area contributed by atoms with Crippen molar-refractivity contribution < 1.29 is 24.2 Å². The maximum atomic E-state index is 12.4. The van der Waals surface area contributed by atoms with Crippen molar-refractivity contribution in [3.63, 3.8) is 0 Å². The number of amides is 1. The molecule has 120 valence electrons. The number of aliphatic carboxylic acids is 1. The van der Waals surface area contributed by atoms with Crippen LogP contribution < -0.4 is 10.1 Å². The molecule has 6 nitrogen and oxygen atoms in total. The summed E-state index contributed by atoms with van der Waals surface area (Å²) in [5.74, 6) is -0.792. The van der Waals surface area contributed by atoms with Crippen LogP contribution in [0.25, 0.3) is 0 Å². The van der Waals surface area contributed by atoms with E-state index in [-0.39, 0.29) is 24.9 Å². The highest BCUT2D eigenvalue weighted by atomic mass is 16.5. The second kappa shape index (κ2) is 6.79. The van der Waals surface area contributed by atoms with Gasteiger partial charge in [0.05, 0.1) is 31.6 Å². The van der Waals surface area contributed by atoms with E-state index in [0.717, 1.165) is 11.3 Å². The Kier molecular flexibility index (Phi) is 5.03. The standard InChI is InChI=1S/C16H21NO5/c1-11(12-3-5-13(21-2)6-4-12)15(20)17-16(9-14(18)19)7-8-22-10-16/h3-6,11H,7-10H2,1-2H3,(H,17,20)(H,18,19). The summed E-state index contributed by atoms with van der Waals surface area (Å²) in [6.45, 7) is 2.49. The topological polar surface area (TPSA) is 84.9 Å². The van der Waals surface area contributed by atoms with Crippen molar-refractivity contribution >= 4 is 11.9 Å². The minimum atomic E-state index is -0.942. The number of rotatable bonds is 6. The van der Waals surface area contributed by atoms with Crippen LogP contribution in [0.5, 0.6) is 5.75 Å². The zero-order valence-corrected chi connectivity index (χ0v) is 12.8. The molecule has 0 bridgehead atoms. The van der Waals surface area contributed by atoms with Crippen LogP contribution in [0.4, 0.5) is 0 Å². The molecule has 0 radical (unpaired) electrons. The van der Waals surface area contributed by atoms with Crippen LogP contribution in [0.15, 0.2) is 24.3 Å². The first kappa shape index (κ1) is 16.3. The largest absolute Gasteiger partial charge is 0.497 e. The molecule has 0 aliphatic carbocycles. The quantitative estimate of drug-likeness (QED) is 0.833. The summed E-state index contributed by atoms with van der Waals surface area (Å²) in [5.41, 5.74) is 0.0478. The van der Waals surface area contributed by atoms with Gasteiger partial charge in [0.2, 0.25) is 5.91 Å². The van der Waals surface area contributed by atoms with Crippen molar-refractivity contribution in [1.82, 2.24) is 5.32 Å². The van der Waals surface area contributed by atoms with Gasteiger partial charge in [-0.05, 0) is 31.0 Å². The zero-order valence-electron chi connectivity index (χ0n) is 12.8. The molecule has 2 rings (SSSR count). The van der Waals surface area contributed by atoms with Gasteiger partial charge in [-0.1, -0.05) is 12.1 Å². The van der Waals surface area contributed by atoms with Gasteiger partial charge in [-0.15, -0.1) is 0 Å². The van der Waals surface area contributed by atoms with E-state index in [1.807, 2.05) is 12.1 Å². The normalized spacial score (nSPS) is 22.1. The number of benzene rings is 1. The number of nitrogens with one attached hydrogen (secondary N) is 1. The number of carbonyl (C=O) groups excluding carboxylic acids is 1. The monoisotopic (exact) mass is 307 g/mol. The predicted octanol–water partition coefficient (Wildman–Crippen LogP) is 1.55. The SMILES string of the molecule is COc1ccc(C(C)C(=O)NC2(CC(=O)O)CCOC2)cc1. The molecule has 0 saturated carbocycles. The average Bonchev–Trinajstić information content (AvgIpc) is 2.93. The lowest BCUT2D eigenvalue weighted by Gasteiger charge is -2.28. The van der Waals surface area contributed by atoms with Gasteiger partial charge < -0.3 is 19.9 Å². The Morgan fingerprint density at radius 2 is 2.09 bits per heavy atom. The van der Waals surface area contributed by atoms with Crippen molar-refractivity contribution in [3.8, 4) is 5.75 Å². The van der Waals surface area contributed by atoms with Gasteiger partial charge in [0.1, 0.15) is 5.75 Å². The maximum absolute atomic E-state index is 12.4. The zero-order chi connectivity index (χ0) is 16.2. The van der Waals surface area contributed by atoms with Crippen LogP contribution in [0.2, 0.25) is 0 Å². The Hall–Kier alpha value is -2.08. The second-order valence-corrected chi connectivity index (χ2v) is 5.64. The molecule has 2 unspecified atom stereocenters. The fraction of sp³-hybridized carbons (Fsp3) is 0.500. The van der Waals surface area contributed by atoms with Crippen LogP contribution in [0.3, 0.4) is 0 Å². The van der Waals surface area contributed by atoms with E-state index in [1.54, 1.807) is 26.2 Å². The number of methoxy groups -OCH3 is 1. The molecule has 1 aromatic rings. The fourth-order valence-electron chi connectivity index (χ4n) is 2.59. The average molecular weight is 307 g/mol. The van der Waals surface area contributed by atoms with Crippen molar-refractivity contribution in [2.24, 2.45) is 0 Å². The second-order valence-electron chi connectivity index (χ2n) is 5.64. The van der Waals surface area contributed by atoms with Gasteiger partial charge in [-0.2, -0.15) is 0 Å². The molecule has 0 aromatic heterocycles. The molecule has 1 heterocycles. The Morgan fingerprint density at radius 1 is 1.41 bits per heavy atom. The molecule has 1 fully saturated rings. The molecule has 2 atom stereocenters. The van der Waals surface area contributed by atoms with Crippen molar-refractivity contribution in [3.05, 3.63) is 29.8 Å². The van der Waals surface area contributed by atoms with Crippen LogP contribution in [0.1, 0.15) is 31.2 Å². The molecular formula is C16H21NO5. The van der Waals surface area contributed by atoms with E-state index in [2.05, 4.69) is 5.32 Å². The number of carbonyl (C=O) groups is 2. The minimum Gasteiger partial charge on any atom is -0.497 e. The predicted molar refractivity (Wildman–Crippen MR) is 80.0 cm³/mol. The Balaban J connectivity index is 2.07. The highest BCUT2D eigenvalue weighted by Crippen LogP contribution is 2.25. The first-order valence-electron chi connectivity index (χ1n) is 7.21. The van der Waals surface area contributed by atoms with Crippen LogP contribution in [0, 0.1) is 0 Å². The van der Waals surface area contributed by atoms with Crippen LogP contribution in [-0.4, -0.2) is 42.8 Å².